The van der Waals surface area contributed by atoms with Crippen molar-refractivity contribution in [3.05, 3.63) is 59.2 Å². The first kappa shape index (κ1) is 17.2. The number of carbonyl (C=O) groups is 1. The number of benzene rings is 2. The summed E-state index contributed by atoms with van der Waals surface area (Å²) in [4.78, 5) is 12.3. The molecule has 0 aliphatic heterocycles. The lowest BCUT2D eigenvalue weighted by atomic mass is 10.1. The Kier molecular flexibility index (Phi) is 4.87. The molecule has 122 valence electrons. The Labute approximate surface area is 136 Å². The summed E-state index contributed by atoms with van der Waals surface area (Å²) in [7, 11) is -0.713. The number of rotatable bonds is 4. The zero-order valence-electron chi connectivity index (χ0n) is 13.5. The van der Waals surface area contributed by atoms with Crippen LogP contribution in [0.3, 0.4) is 0 Å². The average molecular weight is 333 g/mol. The standard InChI is InChI=1S/C17H19NO4S/c1-12-8-9-16(13(2)10-12)22-17(19)14-6-5-7-15(11-14)23(20,21)18(3)4/h5-11H,1-4H3. The first-order chi connectivity index (χ1) is 10.7. The molecule has 0 saturated heterocycles. The molecule has 0 aliphatic carbocycles. The topological polar surface area (TPSA) is 63.7 Å². The fourth-order valence-electron chi connectivity index (χ4n) is 2.07. The minimum Gasteiger partial charge on any atom is -0.423 e. The van der Waals surface area contributed by atoms with Crippen LogP contribution < -0.4 is 4.74 Å². The lowest BCUT2D eigenvalue weighted by molar-refractivity contribution is 0.0733. The van der Waals surface area contributed by atoms with Crippen molar-refractivity contribution in [1.82, 2.24) is 4.31 Å². The summed E-state index contributed by atoms with van der Waals surface area (Å²) in [6.07, 6.45) is 0. The minimum atomic E-state index is -3.59. The maximum Gasteiger partial charge on any atom is 0.343 e. The van der Waals surface area contributed by atoms with E-state index in [-0.39, 0.29) is 10.5 Å². The summed E-state index contributed by atoms with van der Waals surface area (Å²) in [5.74, 6) is -0.130. The van der Waals surface area contributed by atoms with E-state index in [4.69, 9.17) is 4.74 Å². The highest BCUT2D eigenvalue weighted by Crippen LogP contribution is 2.21. The predicted octanol–water partition coefficient (Wildman–Crippen LogP) is 2.77. The van der Waals surface area contributed by atoms with Crippen molar-refractivity contribution in [3.63, 3.8) is 0 Å². The molecule has 0 bridgehead atoms. The lowest BCUT2D eigenvalue weighted by Gasteiger charge is -2.12. The zero-order chi connectivity index (χ0) is 17.2. The number of ether oxygens (including phenoxy) is 1. The highest BCUT2D eigenvalue weighted by Gasteiger charge is 2.19. The summed E-state index contributed by atoms with van der Waals surface area (Å²) >= 11 is 0. The molecule has 0 atom stereocenters. The second kappa shape index (κ2) is 6.52. The number of sulfonamides is 1. The highest BCUT2D eigenvalue weighted by atomic mass is 32.2. The second-order valence-corrected chi connectivity index (χ2v) is 7.63. The molecule has 0 spiro atoms. The Bertz CT molecular complexity index is 841. The Balaban J connectivity index is 2.30. The van der Waals surface area contributed by atoms with Gasteiger partial charge in [-0.05, 0) is 43.7 Å². The fraction of sp³-hybridized carbons (Fsp3) is 0.235. The van der Waals surface area contributed by atoms with Crippen LogP contribution >= 0.6 is 0 Å². The van der Waals surface area contributed by atoms with Crippen LogP contribution in [0, 0.1) is 13.8 Å². The molecular formula is C17H19NO4S. The molecule has 0 N–H and O–H groups in total. The summed E-state index contributed by atoms with van der Waals surface area (Å²) in [6.45, 7) is 3.80. The highest BCUT2D eigenvalue weighted by molar-refractivity contribution is 7.89. The molecule has 0 aromatic heterocycles. The van der Waals surface area contributed by atoms with Gasteiger partial charge in [-0.3, -0.25) is 0 Å². The van der Waals surface area contributed by atoms with Gasteiger partial charge in [0.1, 0.15) is 5.75 Å². The van der Waals surface area contributed by atoms with Gasteiger partial charge < -0.3 is 4.74 Å². The van der Waals surface area contributed by atoms with Crippen LogP contribution in [0.4, 0.5) is 0 Å². The molecule has 2 aromatic carbocycles. The summed E-state index contributed by atoms with van der Waals surface area (Å²) in [5.41, 5.74) is 2.10. The molecular weight excluding hydrogens is 314 g/mol. The predicted molar refractivity (Wildman–Crippen MR) is 88.2 cm³/mol. The van der Waals surface area contributed by atoms with Crippen molar-refractivity contribution in [2.75, 3.05) is 14.1 Å². The normalized spacial score (nSPS) is 11.5. The minimum absolute atomic E-state index is 0.0533. The number of nitrogens with zero attached hydrogens (tertiary/aromatic N) is 1. The van der Waals surface area contributed by atoms with Gasteiger partial charge in [0.2, 0.25) is 10.0 Å². The van der Waals surface area contributed by atoms with Crippen molar-refractivity contribution < 1.29 is 17.9 Å². The quantitative estimate of drug-likeness (QED) is 0.637. The van der Waals surface area contributed by atoms with E-state index in [0.717, 1.165) is 15.4 Å². The average Bonchev–Trinajstić information content (AvgIpc) is 2.50. The number of esters is 1. The maximum atomic E-state index is 12.3. The monoisotopic (exact) mass is 333 g/mol. The van der Waals surface area contributed by atoms with Gasteiger partial charge in [0.25, 0.3) is 0 Å². The van der Waals surface area contributed by atoms with E-state index >= 15 is 0 Å². The Hall–Kier alpha value is -2.18. The van der Waals surface area contributed by atoms with Gasteiger partial charge in [0.15, 0.2) is 0 Å². The van der Waals surface area contributed by atoms with Gasteiger partial charge in [-0.15, -0.1) is 0 Å². The first-order valence-electron chi connectivity index (χ1n) is 7.04. The van der Waals surface area contributed by atoms with Crippen LogP contribution in [-0.4, -0.2) is 32.8 Å². The Morgan fingerprint density at radius 2 is 1.74 bits per heavy atom. The molecule has 0 radical (unpaired) electrons. The van der Waals surface area contributed by atoms with Crippen molar-refractivity contribution in [2.45, 2.75) is 18.7 Å². The molecule has 6 heteroatoms. The van der Waals surface area contributed by atoms with E-state index in [1.807, 2.05) is 26.0 Å². The van der Waals surface area contributed by atoms with Gasteiger partial charge in [-0.1, -0.05) is 23.8 Å². The smallest absolute Gasteiger partial charge is 0.343 e. The van der Waals surface area contributed by atoms with E-state index in [2.05, 4.69) is 0 Å². The maximum absolute atomic E-state index is 12.3. The van der Waals surface area contributed by atoms with Crippen LogP contribution in [0.2, 0.25) is 0 Å². The molecule has 0 unspecified atom stereocenters. The van der Waals surface area contributed by atoms with E-state index in [1.165, 1.54) is 38.4 Å². The third-order valence-electron chi connectivity index (χ3n) is 3.38. The molecule has 0 saturated carbocycles. The molecule has 2 aromatic rings. The van der Waals surface area contributed by atoms with Crippen molar-refractivity contribution >= 4 is 16.0 Å². The number of hydrogen-bond donors (Lipinski definition) is 0. The largest absolute Gasteiger partial charge is 0.423 e. The molecule has 0 aliphatic rings. The summed E-state index contributed by atoms with van der Waals surface area (Å²) in [6, 6.07) is 11.3. The van der Waals surface area contributed by atoms with E-state index < -0.39 is 16.0 Å². The Morgan fingerprint density at radius 1 is 1.04 bits per heavy atom. The van der Waals surface area contributed by atoms with Crippen molar-refractivity contribution in [2.24, 2.45) is 0 Å². The molecule has 23 heavy (non-hydrogen) atoms. The van der Waals surface area contributed by atoms with Gasteiger partial charge in [-0.25, -0.2) is 17.5 Å². The van der Waals surface area contributed by atoms with Gasteiger partial charge in [0, 0.05) is 14.1 Å². The molecule has 0 fully saturated rings. The van der Waals surface area contributed by atoms with Gasteiger partial charge in [0.05, 0.1) is 10.5 Å². The van der Waals surface area contributed by atoms with E-state index in [0.29, 0.717) is 5.75 Å². The second-order valence-electron chi connectivity index (χ2n) is 5.47. The number of hydrogen-bond acceptors (Lipinski definition) is 4. The molecule has 0 amide bonds. The van der Waals surface area contributed by atoms with E-state index in [9.17, 15) is 13.2 Å². The molecule has 0 heterocycles. The fourth-order valence-corrected chi connectivity index (χ4v) is 3.02. The van der Waals surface area contributed by atoms with E-state index in [1.54, 1.807) is 6.07 Å². The Morgan fingerprint density at radius 3 is 2.35 bits per heavy atom. The third kappa shape index (κ3) is 3.78. The van der Waals surface area contributed by atoms with Crippen LogP contribution in [0.15, 0.2) is 47.4 Å². The first-order valence-corrected chi connectivity index (χ1v) is 8.48. The number of carbonyl (C=O) groups excluding carboxylic acids is 1. The SMILES string of the molecule is Cc1ccc(OC(=O)c2cccc(S(=O)(=O)N(C)C)c2)c(C)c1. The van der Waals surface area contributed by atoms with Crippen LogP contribution in [0.25, 0.3) is 0 Å². The van der Waals surface area contributed by atoms with Crippen molar-refractivity contribution in [3.8, 4) is 5.75 Å². The van der Waals surface area contributed by atoms with Gasteiger partial charge in [-0.2, -0.15) is 0 Å². The number of aryl methyl sites for hydroxylation is 2. The van der Waals surface area contributed by atoms with Crippen molar-refractivity contribution in [1.29, 1.82) is 0 Å². The van der Waals surface area contributed by atoms with Gasteiger partial charge >= 0.3 is 5.97 Å². The molecule has 2 rings (SSSR count). The van der Waals surface area contributed by atoms with Crippen LogP contribution in [0.5, 0.6) is 5.75 Å². The molecule has 5 nitrogen and oxygen atoms in total. The lowest BCUT2D eigenvalue weighted by Crippen LogP contribution is -2.22. The zero-order valence-corrected chi connectivity index (χ0v) is 14.3. The van der Waals surface area contributed by atoms with Crippen LogP contribution in [0.1, 0.15) is 21.5 Å². The summed E-state index contributed by atoms with van der Waals surface area (Å²) < 4.78 is 30.7. The van der Waals surface area contributed by atoms with Crippen LogP contribution in [-0.2, 0) is 10.0 Å². The third-order valence-corrected chi connectivity index (χ3v) is 5.19. The summed E-state index contributed by atoms with van der Waals surface area (Å²) in [5, 5.41) is 0.